The summed E-state index contributed by atoms with van der Waals surface area (Å²) in [5.74, 6) is 1.69. The van der Waals surface area contributed by atoms with Crippen molar-refractivity contribution in [1.29, 1.82) is 0 Å². The first kappa shape index (κ1) is 20.3. The van der Waals surface area contributed by atoms with E-state index in [4.69, 9.17) is 18.9 Å². The minimum Gasteiger partial charge on any atom is -0.493 e. The summed E-state index contributed by atoms with van der Waals surface area (Å²) >= 11 is 0. The standard InChI is InChI=1S/C21H25NO5/c1-4-26-12-13-27-18-7-5-6-17(15-18)22-21(23)11-9-16-8-10-19(24-2)20(14-16)25-3/h5-11,14-15H,4,12-13H2,1-3H3,(H,22,23)/b11-9+. The first-order chi connectivity index (χ1) is 13.2. The van der Waals surface area contributed by atoms with Gasteiger partial charge in [-0.1, -0.05) is 12.1 Å². The maximum Gasteiger partial charge on any atom is 0.248 e. The zero-order valence-corrected chi connectivity index (χ0v) is 15.9. The highest BCUT2D eigenvalue weighted by atomic mass is 16.5. The molecule has 6 nitrogen and oxygen atoms in total. The molecular weight excluding hydrogens is 346 g/mol. The molecule has 27 heavy (non-hydrogen) atoms. The Hall–Kier alpha value is -2.99. The fourth-order valence-electron chi connectivity index (χ4n) is 2.34. The summed E-state index contributed by atoms with van der Waals surface area (Å²) in [6, 6.07) is 12.7. The van der Waals surface area contributed by atoms with E-state index in [1.807, 2.05) is 25.1 Å². The average molecular weight is 371 g/mol. The third kappa shape index (κ3) is 6.67. The van der Waals surface area contributed by atoms with Crippen molar-refractivity contribution < 1.29 is 23.7 Å². The second kappa shape index (κ2) is 10.9. The van der Waals surface area contributed by atoms with Crippen LogP contribution in [-0.2, 0) is 9.53 Å². The molecule has 0 heterocycles. The summed E-state index contributed by atoms with van der Waals surface area (Å²) in [6.45, 7) is 3.59. The molecule has 0 aromatic heterocycles. The van der Waals surface area contributed by atoms with Crippen LogP contribution >= 0.6 is 0 Å². The van der Waals surface area contributed by atoms with Crippen molar-refractivity contribution in [3.8, 4) is 17.2 Å². The van der Waals surface area contributed by atoms with E-state index in [1.54, 1.807) is 44.6 Å². The van der Waals surface area contributed by atoms with E-state index in [2.05, 4.69) is 5.32 Å². The fraction of sp³-hybridized carbons (Fsp3) is 0.286. The molecule has 2 rings (SSSR count). The van der Waals surface area contributed by atoms with Gasteiger partial charge in [-0.15, -0.1) is 0 Å². The van der Waals surface area contributed by atoms with Crippen LogP contribution in [0.25, 0.3) is 6.08 Å². The Morgan fingerprint density at radius 1 is 1.04 bits per heavy atom. The largest absolute Gasteiger partial charge is 0.493 e. The molecule has 0 bridgehead atoms. The van der Waals surface area contributed by atoms with Crippen LogP contribution in [0.15, 0.2) is 48.5 Å². The van der Waals surface area contributed by atoms with Gasteiger partial charge >= 0.3 is 0 Å². The summed E-state index contributed by atoms with van der Waals surface area (Å²) < 4.78 is 21.3. The van der Waals surface area contributed by atoms with Gasteiger partial charge < -0.3 is 24.3 Å². The lowest BCUT2D eigenvalue weighted by atomic mass is 10.2. The van der Waals surface area contributed by atoms with E-state index in [-0.39, 0.29) is 5.91 Å². The molecule has 0 aliphatic rings. The van der Waals surface area contributed by atoms with E-state index in [0.29, 0.717) is 42.8 Å². The van der Waals surface area contributed by atoms with E-state index < -0.39 is 0 Å². The van der Waals surface area contributed by atoms with Crippen LogP contribution in [-0.4, -0.2) is 39.9 Å². The summed E-state index contributed by atoms with van der Waals surface area (Å²) in [7, 11) is 3.15. The van der Waals surface area contributed by atoms with Crippen LogP contribution in [0.5, 0.6) is 17.2 Å². The number of anilines is 1. The molecule has 144 valence electrons. The number of nitrogens with one attached hydrogen (secondary N) is 1. The summed E-state index contributed by atoms with van der Waals surface area (Å²) in [6.07, 6.45) is 3.17. The quantitative estimate of drug-likeness (QED) is 0.509. The number of rotatable bonds is 10. The molecule has 0 atom stereocenters. The van der Waals surface area contributed by atoms with Gasteiger partial charge in [0.05, 0.1) is 20.8 Å². The second-order valence-corrected chi connectivity index (χ2v) is 5.51. The van der Waals surface area contributed by atoms with Crippen LogP contribution < -0.4 is 19.5 Å². The lowest BCUT2D eigenvalue weighted by Crippen LogP contribution is -2.09. The number of carbonyl (C=O) groups is 1. The normalized spacial score (nSPS) is 10.6. The molecule has 6 heteroatoms. The van der Waals surface area contributed by atoms with Crippen molar-refractivity contribution in [3.05, 3.63) is 54.1 Å². The number of benzene rings is 2. The van der Waals surface area contributed by atoms with Crippen LogP contribution in [0.1, 0.15) is 12.5 Å². The summed E-state index contributed by atoms with van der Waals surface area (Å²) in [5.41, 5.74) is 1.49. The smallest absolute Gasteiger partial charge is 0.248 e. The topological polar surface area (TPSA) is 66.0 Å². The molecule has 0 aliphatic carbocycles. The van der Waals surface area contributed by atoms with Crippen LogP contribution in [0.2, 0.25) is 0 Å². The van der Waals surface area contributed by atoms with E-state index >= 15 is 0 Å². The van der Waals surface area contributed by atoms with Gasteiger partial charge in [0.15, 0.2) is 11.5 Å². The van der Waals surface area contributed by atoms with E-state index in [0.717, 1.165) is 5.56 Å². The molecule has 0 saturated carbocycles. The summed E-state index contributed by atoms with van der Waals surface area (Å²) in [4.78, 5) is 12.2. The zero-order valence-electron chi connectivity index (χ0n) is 15.9. The maximum absolute atomic E-state index is 12.2. The molecule has 0 saturated heterocycles. The summed E-state index contributed by atoms with van der Waals surface area (Å²) in [5, 5.41) is 2.81. The number of hydrogen-bond acceptors (Lipinski definition) is 5. The number of hydrogen-bond donors (Lipinski definition) is 1. The van der Waals surface area contributed by atoms with Crippen molar-refractivity contribution in [1.82, 2.24) is 0 Å². The molecule has 0 spiro atoms. The maximum atomic E-state index is 12.2. The molecule has 1 N–H and O–H groups in total. The zero-order chi connectivity index (χ0) is 19.5. The number of methoxy groups -OCH3 is 2. The minimum atomic E-state index is -0.240. The van der Waals surface area contributed by atoms with E-state index in [9.17, 15) is 4.79 Å². The molecule has 0 radical (unpaired) electrons. The highest BCUT2D eigenvalue weighted by Crippen LogP contribution is 2.28. The predicted molar refractivity (Wildman–Crippen MR) is 106 cm³/mol. The third-order valence-corrected chi connectivity index (χ3v) is 3.64. The minimum absolute atomic E-state index is 0.240. The van der Waals surface area contributed by atoms with E-state index in [1.165, 1.54) is 6.08 Å². The Kier molecular flexibility index (Phi) is 8.19. The molecule has 1 amide bonds. The van der Waals surface area contributed by atoms with Gasteiger partial charge in [-0.05, 0) is 42.8 Å². The number of ether oxygens (including phenoxy) is 4. The van der Waals surface area contributed by atoms with Gasteiger partial charge in [-0.2, -0.15) is 0 Å². The lowest BCUT2D eigenvalue weighted by molar-refractivity contribution is -0.111. The molecule has 0 aliphatic heterocycles. The van der Waals surface area contributed by atoms with Crippen molar-refractivity contribution in [3.63, 3.8) is 0 Å². The highest BCUT2D eigenvalue weighted by molar-refractivity contribution is 6.02. The van der Waals surface area contributed by atoms with Gasteiger partial charge in [0.2, 0.25) is 5.91 Å². The van der Waals surface area contributed by atoms with Crippen LogP contribution in [0.3, 0.4) is 0 Å². The lowest BCUT2D eigenvalue weighted by Gasteiger charge is -2.09. The van der Waals surface area contributed by atoms with Crippen molar-refractivity contribution in [2.75, 3.05) is 39.4 Å². The Bertz CT molecular complexity index is 773. The van der Waals surface area contributed by atoms with Gasteiger partial charge in [0.25, 0.3) is 0 Å². The molecule has 2 aromatic rings. The number of carbonyl (C=O) groups excluding carboxylic acids is 1. The first-order valence-corrected chi connectivity index (χ1v) is 8.68. The van der Waals surface area contributed by atoms with Crippen molar-refractivity contribution in [2.24, 2.45) is 0 Å². The molecule has 0 fully saturated rings. The van der Waals surface area contributed by atoms with Crippen molar-refractivity contribution >= 4 is 17.7 Å². The van der Waals surface area contributed by atoms with Crippen LogP contribution in [0.4, 0.5) is 5.69 Å². The van der Waals surface area contributed by atoms with Crippen LogP contribution in [0, 0.1) is 0 Å². The van der Waals surface area contributed by atoms with Gasteiger partial charge in [-0.25, -0.2) is 0 Å². The Balaban J connectivity index is 1.94. The van der Waals surface area contributed by atoms with Gasteiger partial charge in [-0.3, -0.25) is 4.79 Å². The first-order valence-electron chi connectivity index (χ1n) is 8.68. The second-order valence-electron chi connectivity index (χ2n) is 5.51. The third-order valence-electron chi connectivity index (χ3n) is 3.64. The molecular formula is C21H25NO5. The van der Waals surface area contributed by atoms with Gasteiger partial charge in [0, 0.05) is 24.4 Å². The van der Waals surface area contributed by atoms with Gasteiger partial charge in [0.1, 0.15) is 12.4 Å². The Morgan fingerprint density at radius 3 is 2.59 bits per heavy atom. The monoisotopic (exact) mass is 371 g/mol. The van der Waals surface area contributed by atoms with Crippen molar-refractivity contribution in [2.45, 2.75) is 6.92 Å². The highest BCUT2D eigenvalue weighted by Gasteiger charge is 2.04. The molecule has 0 unspecified atom stereocenters. The predicted octanol–water partition coefficient (Wildman–Crippen LogP) is 3.77. The molecule has 2 aromatic carbocycles. The Labute approximate surface area is 159 Å². The number of amides is 1. The SMILES string of the molecule is CCOCCOc1cccc(NC(=O)/C=C/c2ccc(OC)c(OC)c2)c1. The Morgan fingerprint density at radius 2 is 1.85 bits per heavy atom. The fourth-order valence-corrected chi connectivity index (χ4v) is 2.34. The average Bonchev–Trinajstić information content (AvgIpc) is 2.69.